The molecule has 0 aromatic carbocycles. The molecule has 5 saturated carbocycles. The SMILES string of the molecule is CC(=O)OC1CCC2(C)C3CCC4(C)C(CC5CCCCC54C(C)=O)C3CC(O)[C@@]2(O)C1. The van der Waals surface area contributed by atoms with E-state index in [2.05, 4.69) is 13.8 Å². The molecule has 5 heteroatoms. The Kier molecular flexibility index (Phi) is 5.19. The average Bonchev–Trinajstić information content (AvgIpc) is 3.00. The monoisotopic (exact) mass is 446 g/mol. The zero-order valence-electron chi connectivity index (χ0n) is 20.4. The smallest absolute Gasteiger partial charge is 0.302 e. The second-order valence-electron chi connectivity index (χ2n) is 12.6. The van der Waals surface area contributed by atoms with Crippen molar-refractivity contribution in [2.75, 3.05) is 0 Å². The van der Waals surface area contributed by atoms with Gasteiger partial charge in [0.2, 0.25) is 0 Å². The van der Waals surface area contributed by atoms with E-state index in [4.69, 9.17) is 4.74 Å². The van der Waals surface area contributed by atoms with Gasteiger partial charge >= 0.3 is 5.97 Å². The molecule has 0 aliphatic heterocycles. The number of carbonyl (C=O) groups excluding carboxylic acids is 2. The van der Waals surface area contributed by atoms with E-state index in [1.54, 1.807) is 0 Å². The second-order valence-corrected chi connectivity index (χ2v) is 12.6. The van der Waals surface area contributed by atoms with Crippen LogP contribution >= 0.6 is 0 Å². The van der Waals surface area contributed by atoms with Crippen LogP contribution < -0.4 is 0 Å². The van der Waals surface area contributed by atoms with Crippen LogP contribution in [0.15, 0.2) is 0 Å². The quantitative estimate of drug-likeness (QED) is 0.614. The Morgan fingerprint density at radius 3 is 2.31 bits per heavy atom. The zero-order valence-corrected chi connectivity index (χ0v) is 20.4. The zero-order chi connectivity index (χ0) is 23.1. The summed E-state index contributed by atoms with van der Waals surface area (Å²) in [5.74, 6) is 1.69. The predicted octanol–water partition coefficient (Wildman–Crippen LogP) is 4.42. The Balaban J connectivity index is 1.49. The third-order valence-electron chi connectivity index (χ3n) is 11.8. The highest BCUT2D eigenvalue weighted by Gasteiger charge is 2.72. The maximum Gasteiger partial charge on any atom is 0.302 e. The highest BCUT2D eigenvalue weighted by molar-refractivity contribution is 5.84. The van der Waals surface area contributed by atoms with Gasteiger partial charge in [0.25, 0.3) is 0 Å². The van der Waals surface area contributed by atoms with Crippen LogP contribution in [0.4, 0.5) is 0 Å². The predicted molar refractivity (Wildman–Crippen MR) is 121 cm³/mol. The van der Waals surface area contributed by atoms with Crippen LogP contribution in [0.2, 0.25) is 0 Å². The summed E-state index contributed by atoms with van der Waals surface area (Å²) in [5.41, 5.74) is -1.78. The number of esters is 1. The minimum absolute atomic E-state index is 0.00552. The fourth-order valence-corrected chi connectivity index (χ4v) is 10.4. The van der Waals surface area contributed by atoms with Crippen molar-refractivity contribution in [3.8, 4) is 0 Å². The number of carbonyl (C=O) groups is 2. The third-order valence-corrected chi connectivity index (χ3v) is 11.8. The molecule has 5 nitrogen and oxygen atoms in total. The number of hydrogen-bond acceptors (Lipinski definition) is 5. The van der Waals surface area contributed by atoms with Gasteiger partial charge < -0.3 is 14.9 Å². The molecular formula is C27H42O5. The van der Waals surface area contributed by atoms with Gasteiger partial charge in [-0.25, -0.2) is 0 Å². The largest absolute Gasteiger partial charge is 0.462 e. The van der Waals surface area contributed by atoms with Crippen molar-refractivity contribution in [2.24, 2.45) is 39.9 Å². The van der Waals surface area contributed by atoms with Crippen molar-refractivity contribution in [2.45, 2.75) is 116 Å². The minimum Gasteiger partial charge on any atom is -0.462 e. The average molecular weight is 447 g/mol. The molecule has 0 bridgehead atoms. The van der Waals surface area contributed by atoms with Crippen molar-refractivity contribution < 1.29 is 24.5 Å². The van der Waals surface area contributed by atoms with Gasteiger partial charge in [0.15, 0.2) is 0 Å². The van der Waals surface area contributed by atoms with Crippen molar-refractivity contribution in [3.63, 3.8) is 0 Å². The molecule has 2 N–H and O–H groups in total. The van der Waals surface area contributed by atoms with Gasteiger partial charge in [-0.15, -0.1) is 0 Å². The Morgan fingerprint density at radius 2 is 1.62 bits per heavy atom. The summed E-state index contributed by atoms with van der Waals surface area (Å²) in [6.45, 7) is 7.83. The molecule has 5 aliphatic carbocycles. The highest BCUT2D eigenvalue weighted by Crippen LogP contribution is 2.74. The molecular weight excluding hydrogens is 404 g/mol. The van der Waals surface area contributed by atoms with Gasteiger partial charge in [0.05, 0.1) is 11.7 Å². The van der Waals surface area contributed by atoms with Gasteiger partial charge in [-0.2, -0.15) is 0 Å². The third kappa shape index (κ3) is 2.70. The molecule has 0 amide bonds. The van der Waals surface area contributed by atoms with Gasteiger partial charge in [-0.05, 0) is 87.4 Å². The number of ether oxygens (including phenoxy) is 1. The first-order chi connectivity index (χ1) is 15.0. The molecule has 0 heterocycles. The van der Waals surface area contributed by atoms with Crippen LogP contribution in [-0.2, 0) is 14.3 Å². The fraction of sp³-hybridized carbons (Fsp3) is 0.926. The summed E-state index contributed by atoms with van der Waals surface area (Å²) < 4.78 is 5.48. The van der Waals surface area contributed by atoms with Crippen molar-refractivity contribution in [1.82, 2.24) is 0 Å². The van der Waals surface area contributed by atoms with E-state index >= 15 is 0 Å². The Morgan fingerprint density at radius 1 is 0.906 bits per heavy atom. The lowest BCUT2D eigenvalue weighted by atomic mass is 9.41. The van der Waals surface area contributed by atoms with E-state index in [1.807, 2.05) is 6.92 Å². The Hall–Kier alpha value is -0.940. The molecule has 32 heavy (non-hydrogen) atoms. The first kappa shape index (κ1) is 22.8. The first-order valence-corrected chi connectivity index (χ1v) is 13.1. The molecule has 5 aliphatic rings. The van der Waals surface area contributed by atoms with E-state index in [-0.39, 0.29) is 28.3 Å². The van der Waals surface area contributed by atoms with Crippen LogP contribution in [0, 0.1) is 39.9 Å². The summed E-state index contributed by atoms with van der Waals surface area (Å²) >= 11 is 0. The maximum atomic E-state index is 13.2. The normalized spacial score (nSPS) is 54.6. The summed E-state index contributed by atoms with van der Waals surface area (Å²) in [6, 6.07) is 0. The number of aliphatic hydroxyl groups excluding tert-OH is 1. The van der Waals surface area contributed by atoms with E-state index in [0.29, 0.717) is 42.3 Å². The number of ketones is 1. The van der Waals surface area contributed by atoms with Crippen LogP contribution in [0.25, 0.3) is 0 Å². The molecule has 0 spiro atoms. The van der Waals surface area contributed by atoms with Crippen LogP contribution in [0.1, 0.15) is 98.3 Å². The number of fused-ring (bicyclic) bond motifs is 7. The summed E-state index contributed by atoms with van der Waals surface area (Å²) in [6.07, 6.45) is 9.06. The molecule has 9 unspecified atom stereocenters. The fourth-order valence-electron chi connectivity index (χ4n) is 10.4. The number of aliphatic hydroxyl groups is 2. The Bertz CT molecular complexity index is 810. The van der Waals surface area contributed by atoms with Crippen LogP contribution in [-0.4, -0.2) is 39.8 Å². The van der Waals surface area contributed by atoms with Crippen LogP contribution in [0.3, 0.4) is 0 Å². The van der Waals surface area contributed by atoms with Crippen molar-refractivity contribution >= 4 is 11.8 Å². The van der Waals surface area contributed by atoms with E-state index in [0.717, 1.165) is 51.4 Å². The molecule has 0 aromatic rings. The second kappa shape index (κ2) is 7.28. The summed E-state index contributed by atoms with van der Waals surface area (Å²) in [7, 11) is 0. The summed E-state index contributed by atoms with van der Waals surface area (Å²) in [5, 5.41) is 23.3. The lowest BCUT2D eigenvalue weighted by Gasteiger charge is -2.66. The van der Waals surface area contributed by atoms with E-state index in [9.17, 15) is 19.8 Å². The first-order valence-electron chi connectivity index (χ1n) is 13.1. The molecule has 0 saturated heterocycles. The number of Topliss-reactive ketones (excluding diaryl/α,β-unsaturated/α-hetero) is 1. The lowest BCUT2D eigenvalue weighted by molar-refractivity contribution is -0.267. The van der Waals surface area contributed by atoms with E-state index < -0.39 is 11.7 Å². The summed E-state index contributed by atoms with van der Waals surface area (Å²) in [4.78, 5) is 24.8. The van der Waals surface area contributed by atoms with Crippen molar-refractivity contribution in [1.29, 1.82) is 0 Å². The van der Waals surface area contributed by atoms with Crippen LogP contribution in [0.5, 0.6) is 0 Å². The molecule has 5 rings (SSSR count). The Labute approximate surface area is 192 Å². The molecule has 0 radical (unpaired) electrons. The molecule has 0 aromatic heterocycles. The van der Waals surface area contributed by atoms with E-state index in [1.165, 1.54) is 13.3 Å². The molecule has 10 atom stereocenters. The maximum absolute atomic E-state index is 13.2. The number of rotatable bonds is 2. The van der Waals surface area contributed by atoms with Gasteiger partial charge in [0, 0.05) is 24.2 Å². The van der Waals surface area contributed by atoms with Gasteiger partial charge in [-0.3, -0.25) is 9.59 Å². The number of hydrogen-bond donors (Lipinski definition) is 2. The van der Waals surface area contributed by atoms with Gasteiger partial charge in [-0.1, -0.05) is 26.7 Å². The standard InChI is InChI=1S/C27H42O5/c1-16(28)26-10-6-5-7-18(26)13-22-20-14-23(30)27(31)15-19(32-17(2)29)8-11-25(27,4)21(20)9-12-24(22,26)3/h18-23,30-31H,5-15H2,1-4H3/t18?,19?,20?,21?,22?,23?,24?,25?,26?,27-/m0/s1. The minimum atomic E-state index is -1.22. The topological polar surface area (TPSA) is 83.8 Å². The lowest BCUT2D eigenvalue weighted by Crippen LogP contribution is -2.69. The van der Waals surface area contributed by atoms with Gasteiger partial charge in [0.1, 0.15) is 11.9 Å². The highest BCUT2D eigenvalue weighted by atomic mass is 16.5. The molecule has 5 fully saturated rings. The van der Waals surface area contributed by atoms with Crippen molar-refractivity contribution in [3.05, 3.63) is 0 Å². The molecule has 180 valence electrons.